The van der Waals surface area contributed by atoms with Crippen molar-refractivity contribution in [2.24, 2.45) is 0 Å². The minimum Gasteiger partial charge on any atom is -0.491 e. The van der Waals surface area contributed by atoms with Crippen molar-refractivity contribution in [2.45, 2.75) is 26.5 Å². The van der Waals surface area contributed by atoms with E-state index in [0.717, 1.165) is 29.2 Å². The van der Waals surface area contributed by atoms with E-state index in [1.807, 2.05) is 31.2 Å². The second-order valence-corrected chi connectivity index (χ2v) is 6.91. The van der Waals surface area contributed by atoms with Gasteiger partial charge in [0.1, 0.15) is 24.2 Å². The van der Waals surface area contributed by atoms with Crippen molar-refractivity contribution in [1.29, 1.82) is 0 Å². The number of furan rings is 1. The summed E-state index contributed by atoms with van der Waals surface area (Å²) in [5.41, 5.74) is 1.63. The highest BCUT2D eigenvalue weighted by Crippen LogP contribution is 2.18. The van der Waals surface area contributed by atoms with E-state index in [2.05, 4.69) is 10.2 Å². The standard InChI is InChI=1S/C20H24N2O4S/c1-14-10-16(5-6-19(14)15(2)23)26-13-18-12-22(7-9-25-18)20(27)21-11-17-4-3-8-24-17/h3-6,8,10,18H,7,9,11-13H2,1-2H3,(H,21,27). The predicted octanol–water partition coefficient (Wildman–Crippen LogP) is 2.94. The van der Waals surface area contributed by atoms with E-state index >= 15 is 0 Å². The summed E-state index contributed by atoms with van der Waals surface area (Å²) in [5.74, 6) is 1.63. The monoisotopic (exact) mass is 388 g/mol. The highest BCUT2D eigenvalue weighted by Gasteiger charge is 2.23. The van der Waals surface area contributed by atoms with Crippen LogP contribution < -0.4 is 10.1 Å². The summed E-state index contributed by atoms with van der Waals surface area (Å²) in [6.07, 6.45) is 1.57. The number of nitrogens with zero attached hydrogens (tertiary/aromatic N) is 1. The van der Waals surface area contributed by atoms with E-state index in [1.54, 1.807) is 19.3 Å². The molecule has 1 atom stereocenters. The van der Waals surface area contributed by atoms with Crippen LogP contribution in [0.1, 0.15) is 28.6 Å². The van der Waals surface area contributed by atoms with Gasteiger partial charge in [-0.25, -0.2) is 0 Å². The molecule has 6 nitrogen and oxygen atoms in total. The van der Waals surface area contributed by atoms with Gasteiger partial charge in [-0.05, 0) is 62.0 Å². The molecule has 3 rings (SSSR count). The molecule has 2 heterocycles. The maximum atomic E-state index is 11.5. The van der Waals surface area contributed by atoms with Crippen molar-refractivity contribution in [3.05, 3.63) is 53.5 Å². The van der Waals surface area contributed by atoms with E-state index < -0.39 is 0 Å². The second-order valence-electron chi connectivity index (χ2n) is 6.52. The fourth-order valence-electron chi connectivity index (χ4n) is 3.00. The van der Waals surface area contributed by atoms with Crippen LogP contribution >= 0.6 is 12.2 Å². The average Bonchev–Trinajstić information content (AvgIpc) is 3.18. The van der Waals surface area contributed by atoms with Crippen LogP contribution in [0, 0.1) is 6.92 Å². The number of nitrogens with one attached hydrogen (secondary N) is 1. The highest BCUT2D eigenvalue weighted by atomic mass is 32.1. The Morgan fingerprint density at radius 3 is 2.96 bits per heavy atom. The van der Waals surface area contributed by atoms with Crippen molar-refractivity contribution >= 4 is 23.1 Å². The summed E-state index contributed by atoms with van der Waals surface area (Å²) in [6.45, 7) is 6.46. The van der Waals surface area contributed by atoms with Gasteiger partial charge >= 0.3 is 0 Å². The molecule has 1 aromatic heterocycles. The molecule has 0 saturated carbocycles. The topological polar surface area (TPSA) is 63.9 Å². The van der Waals surface area contributed by atoms with E-state index in [9.17, 15) is 4.79 Å². The Morgan fingerprint density at radius 2 is 2.26 bits per heavy atom. The molecule has 144 valence electrons. The van der Waals surface area contributed by atoms with Gasteiger partial charge in [-0.2, -0.15) is 0 Å². The number of thiocarbonyl (C=S) groups is 1. The molecule has 0 radical (unpaired) electrons. The second kappa shape index (κ2) is 9.01. The smallest absolute Gasteiger partial charge is 0.169 e. The summed E-state index contributed by atoms with van der Waals surface area (Å²) in [7, 11) is 0. The normalized spacial score (nSPS) is 16.8. The lowest BCUT2D eigenvalue weighted by molar-refractivity contribution is -0.0288. The lowest BCUT2D eigenvalue weighted by Crippen LogP contribution is -2.50. The van der Waals surface area contributed by atoms with E-state index in [1.165, 1.54) is 0 Å². The molecule has 0 amide bonds. The number of Topliss-reactive ketones (excluding diaryl/α,β-unsaturated/α-hetero) is 1. The Morgan fingerprint density at radius 1 is 1.41 bits per heavy atom. The van der Waals surface area contributed by atoms with E-state index in [-0.39, 0.29) is 11.9 Å². The SMILES string of the molecule is CC(=O)c1ccc(OCC2CN(C(=S)NCc3ccco3)CCO2)cc1C. The highest BCUT2D eigenvalue weighted by molar-refractivity contribution is 7.80. The van der Waals surface area contributed by atoms with Gasteiger partial charge < -0.3 is 24.1 Å². The van der Waals surface area contributed by atoms with Crippen LogP contribution in [-0.4, -0.2) is 48.2 Å². The molecule has 1 N–H and O–H groups in total. The zero-order chi connectivity index (χ0) is 19.2. The minimum atomic E-state index is -0.0742. The van der Waals surface area contributed by atoms with Gasteiger partial charge in [0.15, 0.2) is 10.9 Å². The molecular weight excluding hydrogens is 364 g/mol. The van der Waals surface area contributed by atoms with Crippen molar-refractivity contribution in [3.63, 3.8) is 0 Å². The fourth-order valence-corrected chi connectivity index (χ4v) is 3.24. The number of hydrogen-bond donors (Lipinski definition) is 1. The Kier molecular flexibility index (Phi) is 6.47. The number of ether oxygens (including phenoxy) is 2. The van der Waals surface area contributed by atoms with E-state index in [4.69, 9.17) is 26.1 Å². The molecule has 1 aliphatic rings. The number of rotatable bonds is 6. The molecule has 1 saturated heterocycles. The third kappa shape index (κ3) is 5.30. The van der Waals surface area contributed by atoms with Crippen LogP contribution in [0.15, 0.2) is 41.0 Å². The van der Waals surface area contributed by atoms with Crippen LogP contribution in [0.25, 0.3) is 0 Å². The number of aryl methyl sites for hydroxylation is 1. The molecule has 0 spiro atoms. The number of carbonyl (C=O) groups excluding carboxylic acids is 1. The number of benzene rings is 1. The molecular formula is C20H24N2O4S. The molecule has 7 heteroatoms. The van der Waals surface area contributed by atoms with Gasteiger partial charge in [0.05, 0.1) is 19.4 Å². The molecule has 1 unspecified atom stereocenters. The minimum absolute atomic E-state index is 0.0564. The van der Waals surface area contributed by atoms with Gasteiger partial charge in [0, 0.05) is 18.7 Å². The lowest BCUT2D eigenvalue weighted by atomic mass is 10.1. The Balaban J connectivity index is 1.48. The number of ketones is 1. The van der Waals surface area contributed by atoms with Gasteiger partial charge in [-0.1, -0.05) is 0 Å². The van der Waals surface area contributed by atoms with Crippen LogP contribution in [-0.2, 0) is 11.3 Å². The Labute approximate surface area is 164 Å². The molecule has 2 aromatic rings. The van der Waals surface area contributed by atoms with Crippen LogP contribution in [0.2, 0.25) is 0 Å². The van der Waals surface area contributed by atoms with Crippen molar-refractivity contribution in [2.75, 3.05) is 26.3 Å². The zero-order valence-electron chi connectivity index (χ0n) is 15.6. The van der Waals surface area contributed by atoms with Gasteiger partial charge in [-0.15, -0.1) is 0 Å². The average molecular weight is 388 g/mol. The fraction of sp³-hybridized carbons (Fsp3) is 0.400. The first kappa shape index (κ1) is 19.4. The quantitative estimate of drug-likeness (QED) is 0.603. The van der Waals surface area contributed by atoms with E-state index in [0.29, 0.717) is 31.4 Å². The zero-order valence-corrected chi connectivity index (χ0v) is 16.4. The van der Waals surface area contributed by atoms with Gasteiger partial charge in [0.2, 0.25) is 0 Å². The van der Waals surface area contributed by atoms with Gasteiger partial charge in [-0.3, -0.25) is 4.79 Å². The molecule has 0 aliphatic carbocycles. The first-order chi connectivity index (χ1) is 13.0. The Bertz CT molecular complexity index is 791. The summed E-state index contributed by atoms with van der Waals surface area (Å²) < 4.78 is 17.0. The first-order valence-corrected chi connectivity index (χ1v) is 9.35. The van der Waals surface area contributed by atoms with Crippen molar-refractivity contribution in [3.8, 4) is 5.75 Å². The van der Waals surface area contributed by atoms with Gasteiger partial charge in [0.25, 0.3) is 0 Å². The molecule has 1 aromatic carbocycles. The predicted molar refractivity (Wildman–Crippen MR) is 106 cm³/mol. The Hall–Kier alpha value is -2.38. The summed E-state index contributed by atoms with van der Waals surface area (Å²) in [6, 6.07) is 9.26. The maximum Gasteiger partial charge on any atom is 0.169 e. The first-order valence-electron chi connectivity index (χ1n) is 8.94. The third-order valence-corrected chi connectivity index (χ3v) is 4.84. The van der Waals surface area contributed by atoms with Crippen LogP contribution in [0.3, 0.4) is 0 Å². The van der Waals surface area contributed by atoms with Crippen LogP contribution in [0.4, 0.5) is 0 Å². The lowest BCUT2D eigenvalue weighted by Gasteiger charge is -2.34. The number of carbonyl (C=O) groups is 1. The summed E-state index contributed by atoms with van der Waals surface area (Å²) >= 11 is 5.48. The number of hydrogen-bond acceptors (Lipinski definition) is 5. The molecule has 27 heavy (non-hydrogen) atoms. The maximum absolute atomic E-state index is 11.5. The molecule has 0 bridgehead atoms. The van der Waals surface area contributed by atoms with Crippen LogP contribution in [0.5, 0.6) is 5.75 Å². The third-order valence-electron chi connectivity index (χ3n) is 4.43. The molecule has 1 fully saturated rings. The van der Waals surface area contributed by atoms with Crippen molar-refractivity contribution < 1.29 is 18.7 Å². The summed E-state index contributed by atoms with van der Waals surface area (Å²) in [4.78, 5) is 13.6. The largest absolute Gasteiger partial charge is 0.491 e. The summed E-state index contributed by atoms with van der Waals surface area (Å²) in [5, 5.41) is 3.89. The van der Waals surface area contributed by atoms with Crippen molar-refractivity contribution in [1.82, 2.24) is 10.2 Å². The molecule has 1 aliphatic heterocycles. The number of morpholine rings is 1.